The van der Waals surface area contributed by atoms with E-state index in [0.717, 1.165) is 60.5 Å². The number of hydrogen-bond donors (Lipinski definition) is 2. The fourth-order valence-electron chi connectivity index (χ4n) is 4.29. The molecule has 0 aromatic rings. The summed E-state index contributed by atoms with van der Waals surface area (Å²) in [5.74, 6) is 7.75. The molecule has 0 amide bonds. The van der Waals surface area contributed by atoms with Crippen molar-refractivity contribution in [3.63, 3.8) is 0 Å². The van der Waals surface area contributed by atoms with Gasteiger partial charge in [0.25, 0.3) is 0 Å². The second-order valence-corrected chi connectivity index (χ2v) is 17.5. The van der Waals surface area contributed by atoms with Gasteiger partial charge in [0.1, 0.15) is 0 Å². The highest BCUT2D eigenvalue weighted by molar-refractivity contribution is 7.99. The number of rotatable bonds is 21. The van der Waals surface area contributed by atoms with Gasteiger partial charge in [0, 0.05) is 18.6 Å². The topological polar surface area (TPSA) is 33.3 Å². The first kappa shape index (κ1) is 57.5. The van der Waals surface area contributed by atoms with Gasteiger partial charge in [0.15, 0.2) is 0 Å². The van der Waals surface area contributed by atoms with Crippen LogP contribution in [0.25, 0.3) is 0 Å². The van der Waals surface area contributed by atoms with Crippen molar-refractivity contribution in [3.8, 4) is 0 Å². The molecular weight excluding hydrogens is 569 g/mol. The Labute approximate surface area is 295 Å². The van der Waals surface area contributed by atoms with Crippen molar-refractivity contribution in [2.75, 3.05) is 25.4 Å². The Morgan fingerprint density at radius 1 is 0.467 bits per heavy atom. The summed E-state index contributed by atoms with van der Waals surface area (Å²) in [5, 5.41) is 7.77. The zero-order valence-corrected chi connectivity index (χ0v) is 33.2. The predicted octanol–water partition coefficient (Wildman–Crippen LogP) is 13.1. The van der Waals surface area contributed by atoms with Gasteiger partial charge < -0.3 is 15.4 Å². The van der Waals surface area contributed by atoms with Gasteiger partial charge in [0.2, 0.25) is 0 Å². The standard InChI is InChI=1S/C14H30.C12H27NO.C12H27NS.3CH4/c1-11(2)7-9-14(13(5)6)10-8-12(3)4;2*1-9(2)12(7-13-10(3)4)8-14-11(5)6;;;/h11-14H,7-10H2,1-6H3;2*9-13H,7-8H2,1-6H3;3*1H4. The summed E-state index contributed by atoms with van der Waals surface area (Å²) in [7, 11) is 0. The lowest BCUT2D eigenvalue weighted by Gasteiger charge is -2.23. The average Bonchev–Trinajstić information content (AvgIpc) is 2.83. The summed E-state index contributed by atoms with van der Waals surface area (Å²) in [6.07, 6.45) is 6.02. The van der Waals surface area contributed by atoms with Crippen molar-refractivity contribution in [2.45, 2.75) is 196 Å². The van der Waals surface area contributed by atoms with Crippen molar-refractivity contribution >= 4 is 11.8 Å². The molecule has 0 fully saturated rings. The Bertz CT molecular complexity index is 432. The zero-order chi connectivity index (χ0) is 33.4. The van der Waals surface area contributed by atoms with Gasteiger partial charge in [-0.2, -0.15) is 11.8 Å². The van der Waals surface area contributed by atoms with Crippen LogP contribution in [-0.4, -0.2) is 48.9 Å². The molecule has 0 rings (SSSR count). The van der Waals surface area contributed by atoms with E-state index < -0.39 is 0 Å². The first-order valence-corrected chi connectivity index (χ1v) is 19.0. The summed E-state index contributed by atoms with van der Waals surface area (Å²) >= 11 is 2.08. The average molecular weight is 665 g/mol. The molecule has 45 heavy (non-hydrogen) atoms. The smallest absolute Gasteiger partial charge is 0.0519 e. The maximum Gasteiger partial charge on any atom is 0.0519 e. The molecule has 0 aliphatic heterocycles. The summed E-state index contributed by atoms with van der Waals surface area (Å²) in [6.45, 7) is 43.9. The molecule has 0 heterocycles. The highest BCUT2D eigenvalue weighted by Gasteiger charge is 2.16. The van der Waals surface area contributed by atoms with E-state index in [9.17, 15) is 0 Å². The third kappa shape index (κ3) is 44.2. The molecule has 0 aromatic carbocycles. The van der Waals surface area contributed by atoms with Crippen LogP contribution in [-0.2, 0) is 4.74 Å². The van der Waals surface area contributed by atoms with E-state index in [4.69, 9.17) is 4.74 Å². The monoisotopic (exact) mass is 665 g/mol. The second-order valence-electron chi connectivity index (χ2n) is 15.8. The van der Waals surface area contributed by atoms with Gasteiger partial charge in [-0.15, -0.1) is 0 Å². The van der Waals surface area contributed by atoms with Crippen LogP contribution >= 0.6 is 11.8 Å². The normalized spacial score (nSPS) is 12.8. The van der Waals surface area contributed by atoms with Crippen LogP contribution in [0.15, 0.2) is 0 Å². The van der Waals surface area contributed by atoms with Crippen molar-refractivity contribution in [2.24, 2.45) is 47.3 Å². The Morgan fingerprint density at radius 3 is 1.09 bits per heavy atom. The molecule has 2 N–H and O–H groups in total. The lowest BCUT2D eigenvalue weighted by atomic mass is 9.84. The van der Waals surface area contributed by atoms with Crippen molar-refractivity contribution in [1.29, 1.82) is 0 Å². The van der Waals surface area contributed by atoms with Gasteiger partial charge >= 0.3 is 0 Å². The Morgan fingerprint density at radius 2 is 0.822 bits per heavy atom. The summed E-state index contributed by atoms with van der Waals surface area (Å²) < 4.78 is 5.66. The minimum absolute atomic E-state index is 0. The van der Waals surface area contributed by atoms with E-state index in [1.165, 1.54) is 31.4 Å². The van der Waals surface area contributed by atoms with Crippen LogP contribution in [0.4, 0.5) is 0 Å². The van der Waals surface area contributed by atoms with Gasteiger partial charge in [-0.3, -0.25) is 0 Å². The SMILES string of the molecule is C.C.C.CC(C)CCC(CCC(C)C)C(C)C.CC(C)NCC(COC(C)C)C(C)C.CC(C)NCC(CSC(C)C)C(C)C. The van der Waals surface area contributed by atoms with E-state index in [1.54, 1.807) is 0 Å². The number of nitrogens with one attached hydrogen (secondary N) is 2. The fraction of sp³-hybridized carbons (Fsp3) is 1.00. The first-order chi connectivity index (χ1) is 19.3. The molecule has 0 radical (unpaired) electrons. The summed E-state index contributed by atoms with van der Waals surface area (Å²) in [5.41, 5.74) is 0. The van der Waals surface area contributed by atoms with Crippen LogP contribution in [0.3, 0.4) is 0 Å². The predicted molar refractivity (Wildman–Crippen MR) is 218 cm³/mol. The number of thioether (sulfide) groups is 1. The number of ether oxygens (including phenoxy) is 1. The maximum absolute atomic E-state index is 5.66. The summed E-state index contributed by atoms with van der Waals surface area (Å²) in [6, 6.07) is 1.18. The lowest BCUT2D eigenvalue weighted by molar-refractivity contribution is 0.0387. The number of hydrogen-bond acceptors (Lipinski definition) is 4. The highest BCUT2D eigenvalue weighted by Crippen LogP contribution is 2.26. The van der Waals surface area contributed by atoms with Gasteiger partial charge in [-0.1, -0.05) is 146 Å². The van der Waals surface area contributed by atoms with Crippen LogP contribution in [0, 0.1) is 47.3 Å². The van der Waals surface area contributed by atoms with Crippen molar-refractivity contribution < 1.29 is 4.74 Å². The minimum Gasteiger partial charge on any atom is -0.378 e. The Kier molecular flexibility index (Phi) is 45.4. The van der Waals surface area contributed by atoms with E-state index in [1.807, 2.05) is 0 Å². The largest absolute Gasteiger partial charge is 0.378 e. The first-order valence-electron chi connectivity index (χ1n) is 18.0. The fourth-order valence-corrected chi connectivity index (χ4v) is 5.42. The minimum atomic E-state index is 0. The maximum atomic E-state index is 5.66. The van der Waals surface area contributed by atoms with E-state index in [0.29, 0.717) is 30.0 Å². The third-order valence-corrected chi connectivity index (χ3v) is 9.21. The van der Waals surface area contributed by atoms with Crippen LogP contribution in [0.5, 0.6) is 0 Å². The van der Waals surface area contributed by atoms with Gasteiger partial charge in [0.05, 0.1) is 12.7 Å². The third-order valence-electron chi connectivity index (χ3n) is 7.92. The molecule has 0 saturated carbocycles. The van der Waals surface area contributed by atoms with Crippen LogP contribution < -0.4 is 10.6 Å². The molecule has 282 valence electrons. The molecule has 3 nitrogen and oxygen atoms in total. The lowest BCUT2D eigenvalue weighted by Crippen LogP contribution is -2.34. The Hall–Kier alpha value is 0.230. The molecule has 0 bridgehead atoms. The molecule has 4 heteroatoms. The molecule has 0 aromatic heterocycles. The molecule has 2 atom stereocenters. The zero-order valence-electron chi connectivity index (χ0n) is 32.4. The molecule has 0 saturated heterocycles. The van der Waals surface area contributed by atoms with Crippen LogP contribution in [0.1, 0.15) is 173 Å². The molecule has 0 aliphatic carbocycles. The second kappa shape index (κ2) is 35.5. The van der Waals surface area contributed by atoms with Crippen LogP contribution in [0.2, 0.25) is 0 Å². The summed E-state index contributed by atoms with van der Waals surface area (Å²) in [4.78, 5) is 0. The molecule has 0 spiro atoms. The van der Waals surface area contributed by atoms with E-state index >= 15 is 0 Å². The molecule has 0 aliphatic rings. The molecule has 2 unspecified atom stereocenters. The highest BCUT2D eigenvalue weighted by atomic mass is 32.2. The Balaban J connectivity index is -0.000000123. The van der Waals surface area contributed by atoms with E-state index in [-0.39, 0.29) is 22.3 Å². The van der Waals surface area contributed by atoms with E-state index in [2.05, 4.69) is 147 Å². The van der Waals surface area contributed by atoms with Gasteiger partial charge in [-0.05, 0) is 91.6 Å². The van der Waals surface area contributed by atoms with Crippen molar-refractivity contribution in [1.82, 2.24) is 10.6 Å². The quantitative estimate of drug-likeness (QED) is 0.128. The van der Waals surface area contributed by atoms with Crippen molar-refractivity contribution in [3.05, 3.63) is 0 Å². The molecular formula is C41H96N2OS. The van der Waals surface area contributed by atoms with Gasteiger partial charge in [-0.25, -0.2) is 0 Å².